The molecule has 2 N–H and O–H groups in total. The lowest BCUT2D eigenvalue weighted by atomic mass is 10.0. The fourth-order valence-electron chi connectivity index (χ4n) is 2.16. The van der Waals surface area contributed by atoms with Crippen LogP contribution in [0, 0.1) is 0 Å². The van der Waals surface area contributed by atoms with Gasteiger partial charge in [-0.1, -0.05) is 24.6 Å². The van der Waals surface area contributed by atoms with Crippen molar-refractivity contribution < 1.29 is 4.74 Å². The van der Waals surface area contributed by atoms with E-state index in [1.165, 1.54) is 0 Å². The van der Waals surface area contributed by atoms with Crippen molar-refractivity contribution in [2.24, 2.45) is 5.73 Å². The summed E-state index contributed by atoms with van der Waals surface area (Å²) in [7, 11) is 1.61. The quantitative estimate of drug-likeness (QED) is 0.885. The number of aryl methyl sites for hydroxylation is 1. The molecule has 0 amide bonds. The Kier molecular flexibility index (Phi) is 5.07. The Morgan fingerprint density at radius 1 is 1.50 bits per heavy atom. The number of benzene rings is 1. The predicted octanol–water partition coefficient (Wildman–Crippen LogP) is 3.77. The van der Waals surface area contributed by atoms with Crippen LogP contribution in [-0.4, -0.2) is 16.9 Å². The lowest BCUT2D eigenvalue weighted by Gasteiger charge is -2.18. The van der Waals surface area contributed by atoms with E-state index in [0.29, 0.717) is 10.8 Å². The van der Waals surface area contributed by atoms with Gasteiger partial charge in [0.15, 0.2) is 0 Å². The molecule has 6 heteroatoms. The minimum Gasteiger partial charge on any atom is -0.496 e. The highest BCUT2D eigenvalue weighted by Gasteiger charge is 2.21. The molecule has 4 nitrogen and oxygen atoms in total. The second kappa shape index (κ2) is 6.61. The SMILES string of the molecule is CCCn1ncc(Br)c1C(N)c1ccc(Cl)cc1OC. The largest absolute Gasteiger partial charge is 0.496 e. The van der Waals surface area contributed by atoms with Crippen molar-refractivity contribution >= 4 is 27.5 Å². The lowest BCUT2D eigenvalue weighted by molar-refractivity contribution is 0.406. The third-order valence-electron chi connectivity index (χ3n) is 3.09. The summed E-state index contributed by atoms with van der Waals surface area (Å²) >= 11 is 9.51. The second-order valence-electron chi connectivity index (χ2n) is 4.46. The molecule has 0 aliphatic rings. The minimum atomic E-state index is -0.328. The minimum absolute atomic E-state index is 0.328. The molecule has 0 saturated heterocycles. The van der Waals surface area contributed by atoms with Crippen molar-refractivity contribution in [3.8, 4) is 5.75 Å². The Hall–Kier alpha value is -1.04. The zero-order chi connectivity index (χ0) is 14.7. The van der Waals surface area contributed by atoms with Gasteiger partial charge in [-0.2, -0.15) is 5.10 Å². The average molecular weight is 359 g/mol. The van der Waals surface area contributed by atoms with Crippen molar-refractivity contribution in [1.29, 1.82) is 0 Å². The maximum atomic E-state index is 6.41. The number of rotatable bonds is 5. The molecule has 0 aliphatic heterocycles. The number of halogens is 2. The Bertz CT molecular complexity index is 600. The zero-order valence-electron chi connectivity index (χ0n) is 11.4. The number of aromatic nitrogens is 2. The van der Waals surface area contributed by atoms with E-state index in [1.54, 1.807) is 19.4 Å². The van der Waals surface area contributed by atoms with Gasteiger partial charge in [-0.15, -0.1) is 0 Å². The lowest BCUT2D eigenvalue weighted by Crippen LogP contribution is -2.19. The van der Waals surface area contributed by atoms with Gasteiger partial charge in [-0.05, 0) is 34.5 Å². The Labute approximate surface area is 132 Å². The first kappa shape index (κ1) is 15.4. The van der Waals surface area contributed by atoms with E-state index in [0.717, 1.165) is 28.7 Å². The first-order chi connectivity index (χ1) is 9.58. The summed E-state index contributed by atoms with van der Waals surface area (Å²) in [6, 6.07) is 5.14. The van der Waals surface area contributed by atoms with Crippen LogP contribution in [0.15, 0.2) is 28.9 Å². The van der Waals surface area contributed by atoms with Gasteiger partial charge in [-0.25, -0.2) is 0 Å². The molecular weight excluding hydrogens is 342 g/mol. The van der Waals surface area contributed by atoms with Crippen molar-refractivity contribution in [3.05, 3.63) is 45.1 Å². The number of ether oxygens (including phenoxy) is 1. The summed E-state index contributed by atoms with van der Waals surface area (Å²) in [5.41, 5.74) is 8.23. The van der Waals surface area contributed by atoms with Gasteiger partial charge in [0.1, 0.15) is 5.75 Å². The fraction of sp³-hybridized carbons (Fsp3) is 0.357. The highest BCUT2D eigenvalue weighted by atomic mass is 79.9. The summed E-state index contributed by atoms with van der Waals surface area (Å²) in [5.74, 6) is 0.682. The van der Waals surface area contributed by atoms with Crippen LogP contribution in [0.2, 0.25) is 5.02 Å². The molecule has 1 heterocycles. The van der Waals surface area contributed by atoms with Gasteiger partial charge in [0.2, 0.25) is 0 Å². The third-order valence-corrected chi connectivity index (χ3v) is 3.94. The van der Waals surface area contributed by atoms with Gasteiger partial charge in [0.25, 0.3) is 0 Å². The van der Waals surface area contributed by atoms with Gasteiger partial charge in [0.05, 0.1) is 29.5 Å². The summed E-state index contributed by atoms with van der Waals surface area (Å²) in [4.78, 5) is 0. The molecule has 0 saturated carbocycles. The molecule has 108 valence electrons. The number of hydrogen-bond donors (Lipinski definition) is 1. The fourth-order valence-corrected chi connectivity index (χ4v) is 2.87. The first-order valence-corrected chi connectivity index (χ1v) is 7.55. The smallest absolute Gasteiger partial charge is 0.125 e. The molecule has 1 atom stereocenters. The Morgan fingerprint density at radius 2 is 2.25 bits per heavy atom. The monoisotopic (exact) mass is 357 g/mol. The van der Waals surface area contributed by atoms with Gasteiger partial charge >= 0.3 is 0 Å². The van der Waals surface area contributed by atoms with Crippen LogP contribution in [-0.2, 0) is 6.54 Å². The molecule has 0 spiro atoms. The Balaban J connectivity index is 2.45. The summed E-state index contributed by atoms with van der Waals surface area (Å²) in [6.45, 7) is 2.93. The third kappa shape index (κ3) is 3.00. The van der Waals surface area contributed by atoms with Gasteiger partial charge in [0, 0.05) is 17.1 Å². The van der Waals surface area contributed by atoms with Gasteiger partial charge in [-0.3, -0.25) is 4.68 Å². The van der Waals surface area contributed by atoms with Crippen molar-refractivity contribution in [2.45, 2.75) is 25.9 Å². The number of hydrogen-bond acceptors (Lipinski definition) is 3. The van der Waals surface area contributed by atoms with E-state index in [9.17, 15) is 0 Å². The molecular formula is C14H17BrClN3O. The molecule has 1 aromatic heterocycles. The first-order valence-electron chi connectivity index (χ1n) is 6.38. The van der Waals surface area contributed by atoms with Crippen LogP contribution in [0.25, 0.3) is 0 Å². The second-order valence-corrected chi connectivity index (χ2v) is 5.76. The van der Waals surface area contributed by atoms with E-state index in [-0.39, 0.29) is 6.04 Å². The summed E-state index contributed by atoms with van der Waals surface area (Å²) < 4.78 is 8.19. The predicted molar refractivity (Wildman–Crippen MR) is 84.3 cm³/mol. The number of nitrogens with zero attached hydrogens (tertiary/aromatic N) is 2. The van der Waals surface area contributed by atoms with E-state index in [2.05, 4.69) is 28.0 Å². The number of methoxy groups -OCH3 is 1. The molecule has 1 unspecified atom stereocenters. The number of nitrogens with two attached hydrogens (primary N) is 1. The van der Waals surface area contributed by atoms with E-state index >= 15 is 0 Å². The van der Waals surface area contributed by atoms with Crippen LogP contribution >= 0.6 is 27.5 Å². The molecule has 0 fully saturated rings. The molecule has 1 aromatic carbocycles. The van der Waals surface area contributed by atoms with Crippen LogP contribution < -0.4 is 10.5 Å². The van der Waals surface area contributed by atoms with Crippen molar-refractivity contribution in [2.75, 3.05) is 7.11 Å². The topological polar surface area (TPSA) is 53.1 Å². The summed E-state index contributed by atoms with van der Waals surface area (Å²) in [5, 5.41) is 4.97. The van der Waals surface area contributed by atoms with Crippen LogP contribution in [0.1, 0.15) is 30.6 Å². The molecule has 2 rings (SSSR count). The molecule has 0 radical (unpaired) electrons. The van der Waals surface area contributed by atoms with Crippen LogP contribution in [0.4, 0.5) is 0 Å². The molecule has 0 bridgehead atoms. The standard InChI is InChI=1S/C14H17BrClN3O/c1-3-6-19-14(11(15)8-18-19)13(17)10-5-4-9(16)7-12(10)20-2/h4-5,7-8,13H,3,6,17H2,1-2H3. The molecule has 0 aliphatic carbocycles. The van der Waals surface area contributed by atoms with E-state index in [4.69, 9.17) is 22.1 Å². The summed E-state index contributed by atoms with van der Waals surface area (Å²) in [6.07, 6.45) is 2.76. The van der Waals surface area contributed by atoms with Crippen molar-refractivity contribution in [3.63, 3.8) is 0 Å². The van der Waals surface area contributed by atoms with E-state index in [1.807, 2.05) is 16.8 Å². The van der Waals surface area contributed by atoms with Crippen LogP contribution in [0.5, 0.6) is 5.75 Å². The maximum absolute atomic E-state index is 6.41. The highest BCUT2D eigenvalue weighted by molar-refractivity contribution is 9.10. The zero-order valence-corrected chi connectivity index (χ0v) is 13.8. The molecule has 2 aromatic rings. The highest BCUT2D eigenvalue weighted by Crippen LogP contribution is 2.33. The van der Waals surface area contributed by atoms with Crippen LogP contribution in [0.3, 0.4) is 0 Å². The van der Waals surface area contributed by atoms with E-state index < -0.39 is 0 Å². The van der Waals surface area contributed by atoms with Gasteiger partial charge < -0.3 is 10.5 Å². The molecule has 20 heavy (non-hydrogen) atoms. The normalized spacial score (nSPS) is 12.4. The maximum Gasteiger partial charge on any atom is 0.125 e. The average Bonchev–Trinajstić information content (AvgIpc) is 2.79. The Morgan fingerprint density at radius 3 is 2.90 bits per heavy atom. The van der Waals surface area contributed by atoms with Crippen molar-refractivity contribution in [1.82, 2.24) is 9.78 Å².